The van der Waals surface area contributed by atoms with Crippen molar-refractivity contribution in [1.29, 1.82) is 0 Å². The van der Waals surface area contributed by atoms with E-state index in [-0.39, 0.29) is 34.2 Å². The van der Waals surface area contributed by atoms with Crippen LogP contribution in [0.2, 0.25) is 0 Å². The van der Waals surface area contributed by atoms with Gasteiger partial charge in [0.15, 0.2) is 11.7 Å². The molecule has 2 heterocycles. The van der Waals surface area contributed by atoms with Crippen LogP contribution in [0.4, 0.5) is 18.0 Å². The van der Waals surface area contributed by atoms with Crippen LogP contribution < -0.4 is 4.72 Å². The van der Waals surface area contributed by atoms with Crippen LogP contribution in [0.25, 0.3) is 16.9 Å². The molecule has 18 heteroatoms. The Kier molecular flexibility index (Phi) is 10.1. The van der Waals surface area contributed by atoms with Crippen molar-refractivity contribution in [1.82, 2.24) is 19.5 Å². The predicted molar refractivity (Wildman–Crippen MR) is 153 cm³/mol. The quantitative estimate of drug-likeness (QED) is 0.104. The van der Waals surface area contributed by atoms with Crippen molar-refractivity contribution < 1.29 is 50.5 Å². The van der Waals surface area contributed by atoms with Gasteiger partial charge in [-0.05, 0) is 63.9 Å². The van der Waals surface area contributed by atoms with Gasteiger partial charge in [-0.25, -0.2) is 22.6 Å². The topological polar surface area (TPSA) is 167 Å². The molecule has 1 aliphatic rings. The van der Waals surface area contributed by atoms with Crippen LogP contribution in [-0.4, -0.2) is 65.2 Å². The molecule has 1 aromatic heterocycles. The number of ether oxygens (including phenoxy) is 2. The third kappa shape index (κ3) is 8.23. The highest BCUT2D eigenvalue weighted by atomic mass is 32.2. The number of nitrogens with one attached hydrogen (secondary N) is 1. The van der Waals surface area contributed by atoms with Crippen LogP contribution in [0.3, 0.4) is 0 Å². The van der Waals surface area contributed by atoms with Gasteiger partial charge in [-0.15, -0.1) is 5.01 Å². The lowest BCUT2D eigenvalue weighted by molar-refractivity contribution is -0.713. The van der Waals surface area contributed by atoms with Crippen molar-refractivity contribution in [3.8, 4) is 16.9 Å². The van der Waals surface area contributed by atoms with E-state index in [1.54, 1.807) is 38.1 Å². The minimum absolute atomic E-state index is 0.0426. The number of sulfonamides is 1. The fourth-order valence-corrected chi connectivity index (χ4v) is 5.44. The largest absolute Gasteiger partial charge is 0.569 e. The van der Waals surface area contributed by atoms with Gasteiger partial charge in [0.1, 0.15) is 0 Å². The summed E-state index contributed by atoms with van der Waals surface area (Å²) < 4.78 is 79.2. The third-order valence-corrected chi connectivity index (χ3v) is 7.94. The number of rotatable bonds is 10. The number of halogens is 3. The number of benzene rings is 2. The molecule has 2 aromatic carbocycles. The summed E-state index contributed by atoms with van der Waals surface area (Å²) in [5.74, 6) is -1.02. The summed E-state index contributed by atoms with van der Waals surface area (Å²) in [4.78, 5) is 28.9. The zero-order chi connectivity index (χ0) is 33.8. The van der Waals surface area contributed by atoms with E-state index < -0.39 is 52.4 Å². The Morgan fingerprint density at radius 1 is 1.09 bits per heavy atom. The van der Waals surface area contributed by atoms with E-state index in [9.17, 15) is 36.4 Å². The molecule has 1 N–H and O–H groups in total. The van der Waals surface area contributed by atoms with Gasteiger partial charge < -0.3 is 14.7 Å². The molecule has 0 bridgehead atoms. The van der Waals surface area contributed by atoms with Gasteiger partial charge in [0.2, 0.25) is 5.28 Å². The van der Waals surface area contributed by atoms with Crippen molar-refractivity contribution in [2.75, 3.05) is 6.54 Å². The summed E-state index contributed by atoms with van der Waals surface area (Å²) >= 11 is 0. The molecule has 3 aromatic rings. The fraction of sp³-hybridized carbons (Fsp3) is 0.393. The number of nitrogens with zero attached hydrogens (tertiary/aromatic N) is 5. The zero-order valence-electron chi connectivity index (χ0n) is 25.1. The van der Waals surface area contributed by atoms with E-state index in [0.29, 0.717) is 12.0 Å². The third-order valence-electron chi connectivity index (χ3n) is 6.58. The van der Waals surface area contributed by atoms with Crippen molar-refractivity contribution in [2.45, 2.75) is 70.0 Å². The second kappa shape index (κ2) is 13.6. The molecule has 0 aliphatic carbocycles. The van der Waals surface area contributed by atoms with Crippen molar-refractivity contribution in [3.05, 3.63) is 71.1 Å². The van der Waals surface area contributed by atoms with Gasteiger partial charge in [0, 0.05) is 12.5 Å². The molecule has 1 aliphatic heterocycles. The zero-order valence-corrected chi connectivity index (χ0v) is 25.9. The lowest BCUT2D eigenvalue weighted by atomic mass is 10.1. The van der Waals surface area contributed by atoms with Crippen molar-refractivity contribution in [3.63, 3.8) is 0 Å². The summed E-state index contributed by atoms with van der Waals surface area (Å²) in [6, 6.07) is 11.1. The van der Waals surface area contributed by atoms with Crippen LogP contribution in [0.5, 0.6) is 0 Å². The minimum Gasteiger partial charge on any atom is -0.569 e. The van der Waals surface area contributed by atoms with E-state index >= 15 is 0 Å². The summed E-state index contributed by atoms with van der Waals surface area (Å²) in [5.41, 5.74) is 0.495. The normalized spacial score (nSPS) is 16.3. The Morgan fingerprint density at radius 3 is 2.35 bits per heavy atom. The van der Waals surface area contributed by atoms with E-state index in [2.05, 4.69) is 10.4 Å². The number of carbonyl (C=O) groups excluding carboxylic acids is 2. The lowest BCUT2D eigenvalue weighted by Crippen LogP contribution is -2.47. The summed E-state index contributed by atoms with van der Waals surface area (Å²) in [5, 5.41) is 20.4. The molecule has 248 valence electrons. The highest BCUT2D eigenvalue weighted by molar-refractivity contribution is 7.90. The molecule has 0 spiro atoms. The van der Waals surface area contributed by atoms with E-state index in [4.69, 9.17) is 14.3 Å². The molecule has 1 amide bonds. The van der Waals surface area contributed by atoms with Crippen molar-refractivity contribution in [2.24, 2.45) is 5.28 Å². The van der Waals surface area contributed by atoms with E-state index in [1.807, 2.05) is 11.6 Å². The van der Waals surface area contributed by atoms with E-state index in [1.165, 1.54) is 19.1 Å². The van der Waals surface area contributed by atoms with Gasteiger partial charge in [-0.3, -0.25) is 9.63 Å². The first-order valence-electron chi connectivity index (χ1n) is 13.9. The molecule has 1 saturated heterocycles. The van der Waals surface area contributed by atoms with Crippen LogP contribution in [0.1, 0.15) is 44.9 Å². The molecule has 1 unspecified atom stereocenters. The van der Waals surface area contributed by atoms with Gasteiger partial charge >= 0.3 is 12.3 Å². The first-order chi connectivity index (χ1) is 21.5. The molecule has 46 heavy (non-hydrogen) atoms. The number of alkyl halides is 3. The summed E-state index contributed by atoms with van der Waals surface area (Å²) in [7, 11) is -4.47. The lowest BCUT2D eigenvalue weighted by Gasteiger charge is -2.20. The van der Waals surface area contributed by atoms with Crippen LogP contribution in [0.15, 0.2) is 64.8 Å². The number of amides is 1. The van der Waals surface area contributed by atoms with Crippen LogP contribution >= 0.6 is 0 Å². The molecule has 4 rings (SSSR count). The fourth-order valence-electron chi connectivity index (χ4n) is 4.43. The van der Waals surface area contributed by atoms with Gasteiger partial charge in [0.25, 0.3) is 22.2 Å². The predicted octanol–water partition coefficient (Wildman–Crippen LogP) is 4.85. The smallest absolute Gasteiger partial charge is 0.511 e. The Bertz CT molecular complexity index is 1690. The minimum atomic E-state index is -4.72. The molecule has 2 atom stereocenters. The Hall–Kier alpha value is -4.87. The Labute approximate surface area is 261 Å². The van der Waals surface area contributed by atoms with Crippen LogP contribution in [-0.2, 0) is 35.3 Å². The average Bonchev–Trinajstić information content (AvgIpc) is 3.64. The number of aryl methyl sites for hydroxylation is 1. The highest BCUT2D eigenvalue weighted by Crippen LogP contribution is 2.33. The highest BCUT2D eigenvalue weighted by Gasteiger charge is 2.39. The maximum absolute atomic E-state index is 13.5. The maximum atomic E-state index is 13.5. The first kappa shape index (κ1) is 34.0. The standard InChI is InChI=1S/C28H31F3N6O8S/c1-17(2)43-27(39)44-19(4)45-34-37(40)35-15-5-6-23(35)26(38)33-46(41,42)22-13-11-21(12-14-22)36-24(16-25(32-36)28(29,30)31)20-9-7-18(3)8-10-20/h7-14,16-17,19,23H,5-6,15H2,1-4H3,(H,33,38)/b37-34-/t19?,23-/m0/s1. The average molecular weight is 669 g/mol. The van der Waals surface area contributed by atoms with Crippen LogP contribution in [0, 0.1) is 12.1 Å². The second-order valence-electron chi connectivity index (χ2n) is 10.5. The Balaban J connectivity index is 1.47. The van der Waals surface area contributed by atoms with Gasteiger partial charge in [-0.1, -0.05) is 29.8 Å². The number of hydrogen-bond acceptors (Lipinski definition) is 10. The second-order valence-corrected chi connectivity index (χ2v) is 12.2. The molecule has 14 nitrogen and oxygen atoms in total. The van der Waals surface area contributed by atoms with Crippen molar-refractivity contribution >= 4 is 22.1 Å². The monoisotopic (exact) mass is 668 g/mol. The van der Waals surface area contributed by atoms with E-state index in [0.717, 1.165) is 33.5 Å². The molecule has 0 radical (unpaired) electrons. The van der Waals surface area contributed by atoms with Gasteiger partial charge in [0.05, 0.1) is 33.9 Å². The molecule has 0 saturated carbocycles. The van der Waals surface area contributed by atoms with Gasteiger partial charge in [-0.2, -0.15) is 18.3 Å². The molecule has 1 fully saturated rings. The molecular weight excluding hydrogens is 637 g/mol. The number of aromatic nitrogens is 2. The Morgan fingerprint density at radius 2 is 1.74 bits per heavy atom. The maximum Gasteiger partial charge on any atom is 0.511 e. The first-order valence-corrected chi connectivity index (χ1v) is 15.4. The number of hydrazine groups is 1. The SMILES string of the molecule is Cc1ccc(-c2cc(C(F)(F)F)nn2-c2ccc(S(=O)(=O)NC(=O)[C@@H]3CCCN3/[N+]([O-])=N/OC(C)OC(=O)OC(C)C)cc2)cc1. The number of hydrogen-bond donors (Lipinski definition) is 1. The number of carbonyl (C=O) groups is 2. The molecular formula is C28H31F3N6O8S. The summed E-state index contributed by atoms with van der Waals surface area (Å²) in [6.07, 6.45) is -7.07. The summed E-state index contributed by atoms with van der Waals surface area (Å²) in [6.45, 7) is 6.35.